The number of hydrogen-bond donors (Lipinski definition) is 1. The van der Waals surface area contributed by atoms with Crippen LogP contribution in [0.25, 0.3) is 0 Å². The smallest absolute Gasteiger partial charge is 0.255 e. The maximum absolute atomic E-state index is 12.6. The highest BCUT2D eigenvalue weighted by molar-refractivity contribution is 6.33. The number of nitrogen functional groups attached to an aromatic ring is 1. The molecule has 5 heteroatoms. The van der Waals surface area contributed by atoms with Gasteiger partial charge in [-0.2, -0.15) is 0 Å². The van der Waals surface area contributed by atoms with Crippen LogP contribution in [0.4, 0.5) is 5.82 Å². The van der Waals surface area contributed by atoms with Crippen LogP contribution in [0.3, 0.4) is 0 Å². The molecule has 1 aromatic rings. The Balaban J connectivity index is 2.08. The number of carbonyl (C=O) groups is 1. The Morgan fingerprint density at radius 1 is 1.38 bits per heavy atom. The third kappa shape index (κ3) is 3.88. The fraction of sp³-hybridized carbons (Fsp3) is 0.625. The van der Waals surface area contributed by atoms with Gasteiger partial charge in [0.1, 0.15) is 5.82 Å². The first kappa shape index (κ1) is 16.1. The summed E-state index contributed by atoms with van der Waals surface area (Å²) in [6, 6.07) is 1.61. The van der Waals surface area contributed by atoms with Gasteiger partial charge in [-0.15, -0.1) is 0 Å². The molecule has 1 aromatic heterocycles. The summed E-state index contributed by atoms with van der Waals surface area (Å²) < 4.78 is 0. The summed E-state index contributed by atoms with van der Waals surface area (Å²) in [6.07, 6.45) is 4.78. The van der Waals surface area contributed by atoms with Crippen LogP contribution < -0.4 is 5.73 Å². The average Bonchev–Trinajstić information content (AvgIpc) is 2.66. The van der Waals surface area contributed by atoms with Gasteiger partial charge in [0.15, 0.2) is 0 Å². The maximum atomic E-state index is 12.6. The van der Waals surface area contributed by atoms with E-state index >= 15 is 0 Å². The molecule has 1 aliphatic heterocycles. The van der Waals surface area contributed by atoms with E-state index in [1.54, 1.807) is 6.07 Å². The van der Waals surface area contributed by atoms with Gasteiger partial charge in [0.05, 0.1) is 10.6 Å². The molecule has 0 bridgehead atoms. The molecule has 21 heavy (non-hydrogen) atoms. The number of hydrogen-bond acceptors (Lipinski definition) is 3. The minimum atomic E-state index is -0.000964. The monoisotopic (exact) mass is 309 g/mol. The third-order valence-electron chi connectivity index (χ3n) is 4.36. The van der Waals surface area contributed by atoms with Gasteiger partial charge in [-0.1, -0.05) is 32.4 Å². The topological polar surface area (TPSA) is 59.2 Å². The lowest BCUT2D eigenvalue weighted by molar-refractivity contribution is 0.0755. The van der Waals surface area contributed by atoms with Crippen molar-refractivity contribution in [2.45, 2.75) is 40.0 Å². The molecule has 1 atom stereocenters. The molecule has 1 saturated heterocycles. The van der Waals surface area contributed by atoms with E-state index in [0.717, 1.165) is 25.9 Å². The summed E-state index contributed by atoms with van der Waals surface area (Å²) in [5.74, 6) is 0.916. The van der Waals surface area contributed by atoms with Crippen molar-refractivity contribution in [3.8, 4) is 0 Å². The second kappa shape index (κ2) is 6.22. The summed E-state index contributed by atoms with van der Waals surface area (Å²) in [7, 11) is 0. The molecule has 1 fully saturated rings. The average molecular weight is 310 g/mol. The van der Waals surface area contributed by atoms with Crippen molar-refractivity contribution in [3.05, 3.63) is 22.8 Å². The van der Waals surface area contributed by atoms with Crippen LogP contribution in [0, 0.1) is 11.3 Å². The van der Waals surface area contributed by atoms with E-state index in [1.807, 2.05) is 4.90 Å². The van der Waals surface area contributed by atoms with E-state index in [-0.39, 0.29) is 11.7 Å². The first-order valence-electron chi connectivity index (χ1n) is 7.49. The van der Waals surface area contributed by atoms with Crippen molar-refractivity contribution >= 4 is 23.3 Å². The van der Waals surface area contributed by atoms with Crippen molar-refractivity contribution in [1.82, 2.24) is 9.88 Å². The normalized spacial score (nSPS) is 20.2. The number of pyridine rings is 1. The number of anilines is 1. The predicted octanol–water partition coefficient (Wildman–Crippen LogP) is 3.61. The number of nitrogens with two attached hydrogens (primary N) is 1. The van der Waals surface area contributed by atoms with Crippen LogP contribution in [-0.4, -0.2) is 28.9 Å². The van der Waals surface area contributed by atoms with Crippen molar-refractivity contribution in [1.29, 1.82) is 0 Å². The lowest BCUT2D eigenvalue weighted by Crippen LogP contribution is -2.32. The quantitative estimate of drug-likeness (QED) is 0.862. The molecule has 1 aliphatic rings. The van der Waals surface area contributed by atoms with Crippen molar-refractivity contribution in [2.75, 3.05) is 18.8 Å². The van der Waals surface area contributed by atoms with Gasteiger partial charge >= 0.3 is 0 Å². The van der Waals surface area contributed by atoms with E-state index in [0.29, 0.717) is 21.9 Å². The van der Waals surface area contributed by atoms with E-state index in [4.69, 9.17) is 17.3 Å². The summed E-state index contributed by atoms with van der Waals surface area (Å²) in [6.45, 7) is 8.42. The van der Waals surface area contributed by atoms with Gasteiger partial charge in [0, 0.05) is 19.3 Å². The summed E-state index contributed by atoms with van der Waals surface area (Å²) >= 11 is 5.95. The van der Waals surface area contributed by atoms with Gasteiger partial charge in [-0.25, -0.2) is 4.98 Å². The van der Waals surface area contributed by atoms with Gasteiger partial charge in [0.25, 0.3) is 5.91 Å². The summed E-state index contributed by atoms with van der Waals surface area (Å²) in [5, 5.41) is 0.336. The van der Waals surface area contributed by atoms with E-state index in [1.165, 1.54) is 12.6 Å². The van der Waals surface area contributed by atoms with E-state index in [2.05, 4.69) is 25.8 Å². The highest BCUT2D eigenvalue weighted by Gasteiger charge is 2.28. The SMILES string of the molecule is CC(C)(C)[C@@H]1CCCN(C(=O)c2cnc(N)c(Cl)c2)CC1. The summed E-state index contributed by atoms with van der Waals surface area (Å²) in [5.41, 5.74) is 6.40. The molecule has 4 nitrogen and oxygen atoms in total. The maximum Gasteiger partial charge on any atom is 0.255 e. The van der Waals surface area contributed by atoms with E-state index < -0.39 is 0 Å². The molecule has 0 aliphatic carbocycles. The van der Waals surface area contributed by atoms with Crippen LogP contribution >= 0.6 is 11.6 Å². The number of amides is 1. The second-order valence-corrected chi connectivity index (χ2v) is 7.28. The fourth-order valence-electron chi connectivity index (χ4n) is 2.91. The van der Waals surface area contributed by atoms with Gasteiger partial charge < -0.3 is 10.6 Å². The number of carbonyl (C=O) groups excluding carboxylic acids is 1. The Kier molecular flexibility index (Phi) is 4.77. The zero-order chi connectivity index (χ0) is 15.6. The zero-order valence-corrected chi connectivity index (χ0v) is 13.8. The highest BCUT2D eigenvalue weighted by Crippen LogP contribution is 2.34. The third-order valence-corrected chi connectivity index (χ3v) is 4.66. The number of nitrogens with zero attached hydrogens (tertiary/aromatic N) is 2. The Hall–Kier alpha value is -1.29. The number of halogens is 1. The fourth-order valence-corrected chi connectivity index (χ4v) is 3.08. The minimum absolute atomic E-state index is 0.000964. The van der Waals surface area contributed by atoms with Gasteiger partial charge in [-0.3, -0.25) is 4.79 Å². The minimum Gasteiger partial charge on any atom is -0.382 e. The van der Waals surface area contributed by atoms with Gasteiger partial charge in [0.2, 0.25) is 0 Å². The number of likely N-dealkylation sites (tertiary alicyclic amines) is 1. The number of aromatic nitrogens is 1. The van der Waals surface area contributed by atoms with Crippen LogP contribution in [0.1, 0.15) is 50.4 Å². The molecule has 2 N–H and O–H groups in total. The standard InChI is InChI=1S/C16H24ClN3O/c1-16(2,3)12-5-4-7-20(8-6-12)15(21)11-9-13(17)14(18)19-10-11/h9-10,12H,4-8H2,1-3H3,(H2,18,19)/t12-/m1/s1. The molecule has 1 amide bonds. The molecule has 0 spiro atoms. The molecule has 116 valence electrons. The van der Waals surface area contributed by atoms with Gasteiger partial charge in [-0.05, 0) is 36.7 Å². The Morgan fingerprint density at radius 2 is 2.10 bits per heavy atom. The summed E-state index contributed by atoms with van der Waals surface area (Å²) in [4.78, 5) is 18.4. The molecule has 2 heterocycles. The van der Waals surface area contributed by atoms with Crippen LogP contribution in [0.2, 0.25) is 5.02 Å². The van der Waals surface area contributed by atoms with E-state index in [9.17, 15) is 4.79 Å². The lowest BCUT2D eigenvalue weighted by Gasteiger charge is -2.29. The van der Waals surface area contributed by atoms with Crippen LogP contribution in [-0.2, 0) is 0 Å². The number of rotatable bonds is 1. The second-order valence-electron chi connectivity index (χ2n) is 6.88. The molecule has 2 rings (SSSR count). The molecule has 0 aromatic carbocycles. The Morgan fingerprint density at radius 3 is 2.71 bits per heavy atom. The van der Waals surface area contributed by atoms with Crippen molar-refractivity contribution in [2.24, 2.45) is 11.3 Å². The molecular weight excluding hydrogens is 286 g/mol. The van der Waals surface area contributed by atoms with Crippen molar-refractivity contribution in [3.63, 3.8) is 0 Å². The molecular formula is C16H24ClN3O. The molecule has 0 radical (unpaired) electrons. The lowest BCUT2D eigenvalue weighted by atomic mass is 9.77. The highest BCUT2D eigenvalue weighted by atomic mass is 35.5. The van der Waals surface area contributed by atoms with Crippen LogP contribution in [0.5, 0.6) is 0 Å². The Bertz CT molecular complexity index is 525. The zero-order valence-electron chi connectivity index (χ0n) is 13.0. The van der Waals surface area contributed by atoms with Crippen molar-refractivity contribution < 1.29 is 4.79 Å². The largest absolute Gasteiger partial charge is 0.382 e. The molecule has 0 unspecified atom stereocenters. The molecule has 0 saturated carbocycles. The Labute approximate surface area is 131 Å². The van der Waals surface area contributed by atoms with Crippen LogP contribution in [0.15, 0.2) is 12.3 Å². The predicted molar refractivity (Wildman–Crippen MR) is 86.4 cm³/mol. The first-order chi connectivity index (χ1) is 9.79. The first-order valence-corrected chi connectivity index (χ1v) is 7.87.